The number of ether oxygens (including phenoxy) is 1. The zero-order chi connectivity index (χ0) is 20.9. The lowest BCUT2D eigenvalue weighted by Gasteiger charge is -2.12. The van der Waals surface area contributed by atoms with E-state index >= 15 is 0 Å². The van der Waals surface area contributed by atoms with Gasteiger partial charge in [0.1, 0.15) is 17.4 Å². The van der Waals surface area contributed by atoms with Crippen molar-refractivity contribution in [1.82, 2.24) is 15.0 Å². The van der Waals surface area contributed by atoms with Crippen LogP contribution in [0.1, 0.15) is 5.56 Å². The van der Waals surface area contributed by atoms with Gasteiger partial charge in [-0.25, -0.2) is 14.4 Å². The average molecular weight is 419 g/mol. The van der Waals surface area contributed by atoms with Crippen LogP contribution in [0.2, 0.25) is 0 Å². The topological polar surface area (TPSA) is 83.8 Å². The lowest BCUT2D eigenvalue weighted by Crippen LogP contribution is -2.06. The Kier molecular flexibility index (Phi) is 5.85. The minimum absolute atomic E-state index is 0.320. The number of nitrogens with zero attached hydrogens (tertiary/aromatic N) is 3. The highest BCUT2D eigenvalue weighted by atomic mass is 32.2. The Hall–Kier alpha value is -3.52. The predicted octanol–water partition coefficient (Wildman–Crippen LogP) is 4.97. The van der Waals surface area contributed by atoms with Crippen molar-refractivity contribution in [2.45, 2.75) is 0 Å². The molecule has 0 spiro atoms. The number of methoxy groups -OCH3 is 1. The highest BCUT2D eigenvalue weighted by molar-refractivity contribution is 8.14. The van der Waals surface area contributed by atoms with Crippen LogP contribution in [-0.2, 0) is 0 Å². The lowest BCUT2D eigenvalue weighted by atomic mass is 10.2. The molecule has 0 radical (unpaired) electrons. The van der Waals surface area contributed by atoms with Crippen LogP contribution in [0.3, 0.4) is 0 Å². The third kappa shape index (κ3) is 4.38. The van der Waals surface area contributed by atoms with Crippen molar-refractivity contribution >= 4 is 33.5 Å². The van der Waals surface area contributed by atoms with Crippen LogP contribution in [0.15, 0.2) is 67.0 Å². The fraction of sp³-hybridized carbons (Fsp3) is 0.0909. The minimum atomic E-state index is -0.320. The van der Waals surface area contributed by atoms with E-state index in [1.54, 1.807) is 31.6 Å². The molecule has 0 unspecified atom stereocenters. The second-order valence-electron chi connectivity index (χ2n) is 6.32. The number of hydrogen-bond donors (Lipinski definition) is 2. The second kappa shape index (κ2) is 8.87. The van der Waals surface area contributed by atoms with Crippen LogP contribution in [0.5, 0.6) is 5.75 Å². The van der Waals surface area contributed by atoms with Gasteiger partial charge in [-0.1, -0.05) is 11.8 Å². The summed E-state index contributed by atoms with van der Waals surface area (Å²) in [5, 5.41) is 12.6. The molecule has 2 aromatic heterocycles. The normalized spacial score (nSPS) is 10.7. The second-order valence-corrected chi connectivity index (χ2v) is 7.31. The maximum atomic E-state index is 13.1. The Balaban J connectivity index is 1.60. The van der Waals surface area contributed by atoms with Gasteiger partial charge in [0.25, 0.3) is 0 Å². The minimum Gasteiger partial charge on any atom is -0.497 e. The van der Waals surface area contributed by atoms with E-state index < -0.39 is 0 Å². The number of anilines is 1. The van der Waals surface area contributed by atoms with Gasteiger partial charge < -0.3 is 10.1 Å². The van der Waals surface area contributed by atoms with Crippen molar-refractivity contribution in [3.8, 4) is 17.1 Å². The van der Waals surface area contributed by atoms with Gasteiger partial charge in [-0.3, -0.25) is 10.4 Å². The van der Waals surface area contributed by atoms with E-state index in [0.29, 0.717) is 33.9 Å². The van der Waals surface area contributed by atoms with Gasteiger partial charge in [-0.15, -0.1) is 0 Å². The predicted molar refractivity (Wildman–Crippen MR) is 119 cm³/mol. The lowest BCUT2D eigenvalue weighted by molar-refractivity contribution is 0.415. The first-order chi connectivity index (χ1) is 14.6. The number of benzene rings is 2. The summed E-state index contributed by atoms with van der Waals surface area (Å²) in [5.74, 6) is 1.99. The van der Waals surface area contributed by atoms with E-state index in [1.807, 2.05) is 30.3 Å². The quantitative estimate of drug-likeness (QED) is 0.261. The molecule has 0 aliphatic rings. The first-order valence-corrected chi connectivity index (χ1v) is 10.1. The highest BCUT2D eigenvalue weighted by Crippen LogP contribution is 2.28. The Labute approximate surface area is 177 Å². The van der Waals surface area contributed by atoms with Gasteiger partial charge in [0.15, 0.2) is 5.82 Å². The Bertz CT molecular complexity index is 1190. The monoisotopic (exact) mass is 419 g/mol. The summed E-state index contributed by atoms with van der Waals surface area (Å²) in [4.78, 5) is 13.5. The SMILES string of the molecule is COc1ccc2nc(-c3cccnc3)nc(NCSC(=N)c3ccc(F)cc3)c2c1. The van der Waals surface area contributed by atoms with Crippen LogP contribution in [0.25, 0.3) is 22.3 Å². The van der Waals surface area contributed by atoms with Crippen molar-refractivity contribution in [2.75, 3.05) is 18.3 Å². The molecule has 30 heavy (non-hydrogen) atoms. The molecule has 0 aliphatic carbocycles. The summed E-state index contributed by atoms with van der Waals surface area (Å²) in [7, 11) is 1.61. The smallest absolute Gasteiger partial charge is 0.163 e. The molecule has 6 nitrogen and oxygen atoms in total. The molecular weight excluding hydrogens is 401 g/mol. The van der Waals surface area contributed by atoms with Crippen LogP contribution < -0.4 is 10.1 Å². The van der Waals surface area contributed by atoms with E-state index in [2.05, 4.69) is 20.3 Å². The van der Waals surface area contributed by atoms with Crippen molar-refractivity contribution in [3.05, 3.63) is 78.4 Å². The summed E-state index contributed by atoms with van der Waals surface area (Å²) in [6.07, 6.45) is 3.42. The highest BCUT2D eigenvalue weighted by Gasteiger charge is 2.11. The number of pyridine rings is 1. The van der Waals surface area contributed by atoms with E-state index in [9.17, 15) is 4.39 Å². The van der Waals surface area contributed by atoms with Gasteiger partial charge in [0.2, 0.25) is 0 Å². The van der Waals surface area contributed by atoms with Crippen LogP contribution in [0, 0.1) is 11.2 Å². The fourth-order valence-electron chi connectivity index (χ4n) is 2.85. The third-order valence-electron chi connectivity index (χ3n) is 4.39. The summed E-state index contributed by atoms with van der Waals surface area (Å²) in [6.45, 7) is 0. The van der Waals surface area contributed by atoms with Gasteiger partial charge >= 0.3 is 0 Å². The van der Waals surface area contributed by atoms with Gasteiger partial charge in [-0.2, -0.15) is 0 Å². The van der Waals surface area contributed by atoms with E-state index in [4.69, 9.17) is 10.1 Å². The molecule has 2 N–H and O–H groups in total. The molecule has 0 saturated heterocycles. The Morgan fingerprint density at radius 2 is 1.97 bits per heavy atom. The summed E-state index contributed by atoms with van der Waals surface area (Å²) in [6, 6.07) is 15.2. The van der Waals surface area contributed by atoms with Gasteiger partial charge in [0, 0.05) is 28.9 Å². The molecule has 4 aromatic rings. The maximum Gasteiger partial charge on any atom is 0.163 e. The van der Waals surface area contributed by atoms with Gasteiger partial charge in [0.05, 0.1) is 23.5 Å². The Morgan fingerprint density at radius 3 is 2.70 bits per heavy atom. The van der Waals surface area contributed by atoms with Crippen molar-refractivity contribution < 1.29 is 9.13 Å². The number of hydrogen-bond acceptors (Lipinski definition) is 7. The molecule has 2 heterocycles. The number of aromatic nitrogens is 3. The number of halogens is 1. The number of nitrogens with one attached hydrogen (secondary N) is 2. The summed E-state index contributed by atoms with van der Waals surface area (Å²) < 4.78 is 18.4. The molecule has 150 valence electrons. The summed E-state index contributed by atoms with van der Waals surface area (Å²) in [5.41, 5.74) is 2.24. The largest absolute Gasteiger partial charge is 0.497 e. The van der Waals surface area contributed by atoms with Crippen LogP contribution in [0.4, 0.5) is 10.2 Å². The standard InChI is InChI=1S/C22H18FN5OS/c1-29-17-8-9-19-18(11-17)22(28-21(27-19)15-3-2-10-25-12-15)26-13-30-20(24)14-4-6-16(23)7-5-14/h2-12,24H,13H2,1H3,(H,26,27,28). The number of fused-ring (bicyclic) bond motifs is 1. The average Bonchev–Trinajstić information content (AvgIpc) is 2.79. The molecule has 0 saturated carbocycles. The molecule has 2 aromatic carbocycles. The van der Waals surface area contributed by atoms with E-state index in [-0.39, 0.29) is 5.82 Å². The molecule has 0 bridgehead atoms. The van der Waals surface area contributed by atoms with Crippen molar-refractivity contribution in [3.63, 3.8) is 0 Å². The molecule has 0 fully saturated rings. The van der Waals surface area contributed by atoms with Crippen LogP contribution >= 0.6 is 11.8 Å². The van der Waals surface area contributed by atoms with Gasteiger partial charge in [-0.05, 0) is 54.6 Å². The maximum absolute atomic E-state index is 13.1. The number of thioether (sulfide) groups is 1. The molecule has 0 atom stereocenters. The molecule has 0 aliphatic heterocycles. The zero-order valence-electron chi connectivity index (χ0n) is 16.1. The van der Waals surface area contributed by atoms with Crippen LogP contribution in [-0.4, -0.2) is 33.0 Å². The fourth-order valence-corrected chi connectivity index (χ4v) is 3.51. The van der Waals surface area contributed by atoms with E-state index in [0.717, 1.165) is 16.5 Å². The molecule has 0 amide bonds. The molecular formula is C22H18FN5OS. The Morgan fingerprint density at radius 1 is 1.13 bits per heavy atom. The van der Waals surface area contributed by atoms with Crippen molar-refractivity contribution in [2.24, 2.45) is 0 Å². The first kappa shape index (κ1) is 19.8. The molecule has 4 rings (SSSR count). The zero-order valence-corrected chi connectivity index (χ0v) is 16.9. The molecule has 8 heteroatoms. The van der Waals surface area contributed by atoms with E-state index in [1.165, 1.54) is 23.9 Å². The number of rotatable bonds is 6. The first-order valence-electron chi connectivity index (χ1n) is 9.11. The summed E-state index contributed by atoms with van der Waals surface area (Å²) >= 11 is 1.30. The van der Waals surface area contributed by atoms with Crippen molar-refractivity contribution in [1.29, 1.82) is 5.41 Å². The third-order valence-corrected chi connectivity index (χ3v) is 5.20.